The molecule has 0 amide bonds. The van der Waals surface area contributed by atoms with E-state index in [1.54, 1.807) is 0 Å². The fourth-order valence-electron chi connectivity index (χ4n) is 2.28. The van der Waals surface area contributed by atoms with E-state index in [0.29, 0.717) is 12.1 Å². The Kier molecular flexibility index (Phi) is 3.86. The van der Waals surface area contributed by atoms with Crippen molar-refractivity contribution in [2.75, 3.05) is 18.9 Å². The van der Waals surface area contributed by atoms with Gasteiger partial charge in [0.2, 0.25) is 0 Å². The molecule has 2 atom stereocenters. The highest BCUT2D eigenvalue weighted by molar-refractivity contribution is 6.35. The summed E-state index contributed by atoms with van der Waals surface area (Å²) in [6.45, 7) is 5.25. The van der Waals surface area contributed by atoms with E-state index < -0.39 is 0 Å². The predicted octanol–water partition coefficient (Wildman–Crippen LogP) is 3.81. The van der Waals surface area contributed by atoms with Crippen LogP contribution < -0.4 is 5.32 Å². The molecule has 1 saturated heterocycles. The van der Waals surface area contributed by atoms with Crippen molar-refractivity contribution in [3.8, 4) is 0 Å². The van der Waals surface area contributed by atoms with E-state index >= 15 is 0 Å². The third-order valence-corrected chi connectivity index (χ3v) is 4.21. The topological polar surface area (TPSA) is 15.3 Å². The van der Waals surface area contributed by atoms with Crippen molar-refractivity contribution in [1.29, 1.82) is 0 Å². The molecule has 2 unspecified atom stereocenters. The minimum absolute atomic E-state index is 0.450. The molecule has 0 aliphatic carbocycles. The summed E-state index contributed by atoms with van der Waals surface area (Å²) in [6.07, 6.45) is 1.14. The minimum Gasteiger partial charge on any atom is -0.380 e. The van der Waals surface area contributed by atoms with Gasteiger partial charge < -0.3 is 10.2 Å². The van der Waals surface area contributed by atoms with E-state index in [9.17, 15) is 0 Å². The fourth-order valence-corrected chi connectivity index (χ4v) is 2.71. The summed E-state index contributed by atoms with van der Waals surface area (Å²) < 4.78 is 0. The maximum absolute atomic E-state index is 6.22. The van der Waals surface area contributed by atoms with E-state index in [-0.39, 0.29) is 0 Å². The Hall–Kier alpha value is -0.440. The number of hydrogen-bond donors (Lipinski definition) is 1. The Labute approximate surface area is 113 Å². The standard InChI is InChI=1S/C13H18Cl2N2/c1-8-4-12(15)13(6-11(8)14)16-10-5-9(2)17(3)7-10/h4,6,9-10,16H,5,7H2,1-3H3. The molecule has 1 aliphatic heterocycles. The van der Waals surface area contributed by atoms with Gasteiger partial charge in [0.05, 0.1) is 10.7 Å². The monoisotopic (exact) mass is 272 g/mol. The van der Waals surface area contributed by atoms with E-state index in [2.05, 4.69) is 24.2 Å². The van der Waals surface area contributed by atoms with Crippen LogP contribution in [0.25, 0.3) is 0 Å². The smallest absolute Gasteiger partial charge is 0.0641 e. The molecule has 1 aliphatic rings. The minimum atomic E-state index is 0.450. The lowest BCUT2D eigenvalue weighted by atomic mass is 10.1. The number of nitrogens with zero attached hydrogens (tertiary/aromatic N) is 1. The van der Waals surface area contributed by atoms with Crippen molar-refractivity contribution < 1.29 is 0 Å². The molecule has 4 heteroatoms. The second-order valence-corrected chi connectivity index (χ2v) is 5.76. The fraction of sp³-hybridized carbons (Fsp3) is 0.538. The van der Waals surface area contributed by atoms with Gasteiger partial charge in [-0.3, -0.25) is 0 Å². The Morgan fingerprint density at radius 3 is 2.59 bits per heavy atom. The molecule has 1 aromatic rings. The van der Waals surface area contributed by atoms with Crippen LogP contribution in [0.4, 0.5) is 5.69 Å². The van der Waals surface area contributed by atoms with Gasteiger partial charge in [-0.1, -0.05) is 23.2 Å². The number of aryl methyl sites for hydroxylation is 1. The highest BCUT2D eigenvalue weighted by Crippen LogP contribution is 2.30. The van der Waals surface area contributed by atoms with Gasteiger partial charge in [-0.2, -0.15) is 0 Å². The van der Waals surface area contributed by atoms with Crippen LogP contribution in [0.2, 0.25) is 10.0 Å². The van der Waals surface area contributed by atoms with Crippen molar-refractivity contribution in [1.82, 2.24) is 4.90 Å². The summed E-state index contributed by atoms with van der Waals surface area (Å²) in [5.74, 6) is 0. The van der Waals surface area contributed by atoms with Crippen LogP contribution in [0.1, 0.15) is 18.9 Å². The zero-order valence-corrected chi connectivity index (χ0v) is 11.9. The summed E-state index contributed by atoms with van der Waals surface area (Å²) in [4.78, 5) is 2.35. The van der Waals surface area contributed by atoms with Gasteiger partial charge in [0, 0.05) is 23.7 Å². The lowest BCUT2D eigenvalue weighted by Crippen LogP contribution is -2.25. The van der Waals surface area contributed by atoms with Crippen LogP contribution in [0.3, 0.4) is 0 Å². The van der Waals surface area contributed by atoms with Crippen LogP contribution in [-0.4, -0.2) is 30.6 Å². The molecule has 17 heavy (non-hydrogen) atoms. The Morgan fingerprint density at radius 1 is 1.29 bits per heavy atom. The molecule has 0 aromatic heterocycles. The van der Waals surface area contributed by atoms with Crippen LogP contribution in [0.5, 0.6) is 0 Å². The van der Waals surface area contributed by atoms with Crippen molar-refractivity contribution in [2.45, 2.75) is 32.4 Å². The lowest BCUT2D eigenvalue weighted by molar-refractivity contribution is 0.330. The van der Waals surface area contributed by atoms with E-state index in [0.717, 1.165) is 34.3 Å². The van der Waals surface area contributed by atoms with E-state index in [4.69, 9.17) is 23.2 Å². The normalized spacial score (nSPS) is 25.2. The molecule has 1 aromatic carbocycles. The zero-order valence-electron chi connectivity index (χ0n) is 10.4. The van der Waals surface area contributed by atoms with Gasteiger partial charge in [0.1, 0.15) is 0 Å². The van der Waals surface area contributed by atoms with Crippen molar-refractivity contribution in [3.63, 3.8) is 0 Å². The molecule has 0 spiro atoms. The van der Waals surface area contributed by atoms with Crippen LogP contribution >= 0.6 is 23.2 Å². The van der Waals surface area contributed by atoms with Gasteiger partial charge in [-0.15, -0.1) is 0 Å². The number of rotatable bonds is 2. The summed E-state index contributed by atoms with van der Waals surface area (Å²) >= 11 is 12.3. The predicted molar refractivity (Wildman–Crippen MR) is 75.3 cm³/mol. The molecule has 2 nitrogen and oxygen atoms in total. The number of benzene rings is 1. The van der Waals surface area contributed by atoms with E-state index in [1.807, 2.05) is 19.1 Å². The first-order chi connectivity index (χ1) is 7.97. The highest BCUT2D eigenvalue weighted by Gasteiger charge is 2.26. The first-order valence-corrected chi connectivity index (χ1v) is 6.65. The number of likely N-dealkylation sites (tertiary alicyclic amines) is 1. The summed E-state index contributed by atoms with van der Waals surface area (Å²) in [5.41, 5.74) is 1.95. The Bertz CT molecular complexity index is 410. The second-order valence-electron chi connectivity index (χ2n) is 4.95. The van der Waals surface area contributed by atoms with Crippen LogP contribution in [-0.2, 0) is 0 Å². The van der Waals surface area contributed by atoms with E-state index in [1.165, 1.54) is 0 Å². The first kappa shape index (κ1) is 13.0. The average Bonchev–Trinajstić information content (AvgIpc) is 2.55. The molecule has 1 N–H and O–H groups in total. The number of nitrogens with one attached hydrogen (secondary N) is 1. The van der Waals surface area contributed by atoms with Crippen molar-refractivity contribution >= 4 is 28.9 Å². The molecule has 0 saturated carbocycles. The number of likely N-dealkylation sites (N-methyl/N-ethyl adjacent to an activating group) is 1. The van der Waals surface area contributed by atoms with Crippen LogP contribution in [0, 0.1) is 6.92 Å². The molecule has 1 fully saturated rings. The Balaban J connectivity index is 2.12. The SMILES string of the molecule is Cc1cc(Cl)c(NC2CC(C)N(C)C2)cc1Cl. The second kappa shape index (κ2) is 5.05. The van der Waals surface area contributed by atoms with Gasteiger partial charge in [-0.25, -0.2) is 0 Å². The summed E-state index contributed by atoms with van der Waals surface area (Å²) in [7, 11) is 2.15. The van der Waals surface area contributed by atoms with Gasteiger partial charge in [0.15, 0.2) is 0 Å². The van der Waals surface area contributed by atoms with Crippen LogP contribution in [0.15, 0.2) is 12.1 Å². The first-order valence-electron chi connectivity index (χ1n) is 5.90. The maximum Gasteiger partial charge on any atom is 0.0641 e. The third kappa shape index (κ3) is 2.87. The van der Waals surface area contributed by atoms with Crippen molar-refractivity contribution in [2.24, 2.45) is 0 Å². The molecular formula is C13H18Cl2N2. The number of anilines is 1. The lowest BCUT2D eigenvalue weighted by Gasteiger charge is -2.16. The largest absolute Gasteiger partial charge is 0.380 e. The molecule has 0 radical (unpaired) electrons. The third-order valence-electron chi connectivity index (χ3n) is 3.49. The van der Waals surface area contributed by atoms with Gasteiger partial charge >= 0.3 is 0 Å². The Morgan fingerprint density at radius 2 is 2.00 bits per heavy atom. The molecule has 0 bridgehead atoms. The highest BCUT2D eigenvalue weighted by atomic mass is 35.5. The van der Waals surface area contributed by atoms with Gasteiger partial charge in [0.25, 0.3) is 0 Å². The summed E-state index contributed by atoms with van der Waals surface area (Å²) in [6, 6.07) is 4.90. The van der Waals surface area contributed by atoms with Crippen molar-refractivity contribution in [3.05, 3.63) is 27.7 Å². The molecular weight excluding hydrogens is 255 g/mol. The number of hydrogen-bond acceptors (Lipinski definition) is 2. The molecule has 94 valence electrons. The maximum atomic E-state index is 6.22. The zero-order chi connectivity index (χ0) is 12.6. The molecule has 2 rings (SSSR count). The average molecular weight is 273 g/mol. The number of halogens is 2. The summed E-state index contributed by atoms with van der Waals surface area (Å²) in [5, 5.41) is 4.98. The van der Waals surface area contributed by atoms with Gasteiger partial charge in [-0.05, 0) is 45.0 Å². The molecule has 1 heterocycles. The quantitative estimate of drug-likeness (QED) is 0.881.